The van der Waals surface area contributed by atoms with Crippen LogP contribution in [-0.2, 0) is 17.8 Å². The Morgan fingerprint density at radius 1 is 1.12 bits per heavy atom. The molecular formula is C28H35N3O2S. The zero-order chi connectivity index (χ0) is 24.0. The van der Waals surface area contributed by atoms with Crippen LogP contribution in [0.1, 0.15) is 78.9 Å². The van der Waals surface area contributed by atoms with E-state index in [4.69, 9.17) is 0 Å². The van der Waals surface area contributed by atoms with Crippen LogP contribution in [0.4, 0.5) is 5.69 Å². The Morgan fingerprint density at radius 2 is 1.85 bits per heavy atom. The molecule has 2 aliphatic rings. The van der Waals surface area contributed by atoms with E-state index < -0.39 is 5.54 Å². The molecular weight excluding hydrogens is 442 g/mol. The normalized spacial score (nSPS) is 21.5. The van der Waals surface area contributed by atoms with Gasteiger partial charge in [0.1, 0.15) is 11.2 Å². The molecule has 0 spiro atoms. The van der Waals surface area contributed by atoms with Crippen molar-refractivity contribution < 1.29 is 9.59 Å². The third-order valence-electron chi connectivity index (χ3n) is 7.66. The summed E-state index contributed by atoms with van der Waals surface area (Å²) in [7, 11) is 0. The minimum absolute atomic E-state index is 0.0490. The number of anilines is 1. The molecule has 34 heavy (non-hydrogen) atoms. The van der Waals surface area contributed by atoms with Crippen LogP contribution in [0.5, 0.6) is 0 Å². The standard InChI is InChI=1S/C28H35N3O2S/c1-5-21-15-23-25(34-21)16-24-26(32)31(22-14-18(2)12-13-19(22)3)28(4,17-30(23)24)27(33)29-20-10-8-6-7-9-11-20/h12-16,20H,5-11,17H2,1-4H3,(H,29,33). The van der Waals surface area contributed by atoms with Crippen LogP contribution in [-0.4, -0.2) is 28.0 Å². The minimum Gasteiger partial charge on any atom is -0.351 e. The van der Waals surface area contributed by atoms with Gasteiger partial charge in [-0.1, -0.05) is 44.7 Å². The Balaban J connectivity index is 1.62. The number of carbonyl (C=O) groups excluding carboxylic acids is 2. The summed E-state index contributed by atoms with van der Waals surface area (Å²) in [5, 5.41) is 3.37. The van der Waals surface area contributed by atoms with Gasteiger partial charge in [-0.05, 0) is 69.4 Å². The van der Waals surface area contributed by atoms with Crippen LogP contribution in [0, 0.1) is 13.8 Å². The van der Waals surface area contributed by atoms with E-state index in [0.717, 1.165) is 59.1 Å². The molecule has 5 rings (SSSR count). The second-order valence-electron chi connectivity index (χ2n) is 10.3. The van der Waals surface area contributed by atoms with Gasteiger partial charge in [0.15, 0.2) is 0 Å². The molecule has 1 aliphatic carbocycles. The number of benzene rings is 1. The molecule has 2 aromatic heterocycles. The molecule has 180 valence electrons. The van der Waals surface area contributed by atoms with Crippen molar-refractivity contribution in [2.45, 2.75) is 90.8 Å². The summed E-state index contributed by atoms with van der Waals surface area (Å²) in [6.07, 6.45) is 7.78. The Kier molecular flexibility index (Phi) is 6.05. The van der Waals surface area contributed by atoms with E-state index in [1.807, 2.05) is 39.0 Å². The molecule has 6 heteroatoms. The van der Waals surface area contributed by atoms with E-state index in [1.54, 1.807) is 16.2 Å². The van der Waals surface area contributed by atoms with E-state index in [9.17, 15) is 9.59 Å². The van der Waals surface area contributed by atoms with Gasteiger partial charge in [-0.2, -0.15) is 0 Å². The maximum Gasteiger partial charge on any atom is 0.275 e. The summed E-state index contributed by atoms with van der Waals surface area (Å²) in [6, 6.07) is 10.5. The monoisotopic (exact) mass is 477 g/mol. The van der Waals surface area contributed by atoms with E-state index in [0.29, 0.717) is 12.2 Å². The van der Waals surface area contributed by atoms with Crippen molar-refractivity contribution in [3.8, 4) is 0 Å². The van der Waals surface area contributed by atoms with E-state index in [2.05, 4.69) is 28.9 Å². The molecule has 3 aromatic rings. The Labute approximate surface area is 206 Å². The van der Waals surface area contributed by atoms with Crippen molar-refractivity contribution >= 4 is 39.1 Å². The SMILES string of the molecule is CCc1cc2c(cc3n2CC(C)(C(=O)NC2CCCCCC2)N(c2cc(C)ccc2C)C3=O)s1. The predicted octanol–water partition coefficient (Wildman–Crippen LogP) is 6.14. The Hall–Kier alpha value is -2.60. The largest absolute Gasteiger partial charge is 0.351 e. The summed E-state index contributed by atoms with van der Waals surface area (Å²) in [4.78, 5) is 31.2. The number of hydrogen-bond acceptors (Lipinski definition) is 3. The first-order chi connectivity index (χ1) is 16.3. The summed E-state index contributed by atoms with van der Waals surface area (Å²) in [5.74, 6) is -0.146. The Bertz CT molecular complexity index is 1250. The van der Waals surface area contributed by atoms with Crippen LogP contribution >= 0.6 is 11.3 Å². The zero-order valence-electron chi connectivity index (χ0n) is 20.7. The fraction of sp³-hybridized carbons (Fsp3) is 0.500. The van der Waals surface area contributed by atoms with E-state index in [-0.39, 0.29) is 17.9 Å². The second-order valence-corrected chi connectivity index (χ2v) is 11.5. The van der Waals surface area contributed by atoms with Gasteiger partial charge >= 0.3 is 0 Å². The highest BCUT2D eigenvalue weighted by molar-refractivity contribution is 7.19. The van der Waals surface area contributed by atoms with Gasteiger partial charge in [-0.15, -0.1) is 11.3 Å². The van der Waals surface area contributed by atoms with Crippen molar-refractivity contribution in [3.05, 3.63) is 52.0 Å². The maximum absolute atomic E-state index is 14.1. The van der Waals surface area contributed by atoms with Gasteiger partial charge in [0.2, 0.25) is 5.91 Å². The molecule has 1 aromatic carbocycles. The zero-order valence-corrected chi connectivity index (χ0v) is 21.6. The van der Waals surface area contributed by atoms with Crippen LogP contribution in [0.15, 0.2) is 30.3 Å². The van der Waals surface area contributed by atoms with Crippen molar-refractivity contribution in [2.24, 2.45) is 0 Å². The van der Waals surface area contributed by atoms with Gasteiger partial charge in [-0.25, -0.2) is 0 Å². The fourth-order valence-electron chi connectivity index (χ4n) is 5.61. The third-order valence-corrected chi connectivity index (χ3v) is 8.87. The van der Waals surface area contributed by atoms with E-state index in [1.165, 1.54) is 17.7 Å². The van der Waals surface area contributed by atoms with Crippen LogP contribution in [0.2, 0.25) is 0 Å². The maximum atomic E-state index is 14.1. The van der Waals surface area contributed by atoms with Gasteiger partial charge in [0.25, 0.3) is 5.91 Å². The highest BCUT2D eigenvalue weighted by Gasteiger charge is 2.49. The van der Waals surface area contributed by atoms with Crippen LogP contribution in [0.3, 0.4) is 0 Å². The third kappa shape index (κ3) is 3.86. The molecule has 3 heterocycles. The molecule has 5 nitrogen and oxygen atoms in total. The minimum atomic E-state index is -1.02. The van der Waals surface area contributed by atoms with Crippen LogP contribution in [0.25, 0.3) is 10.2 Å². The highest BCUT2D eigenvalue weighted by Crippen LogP contribution is 2.39. The molecule has 1 unspecified atom stereocenters. The molecule has 1 atom stereocenters. The Morgan fingerprint density at radius 3 is 2.56 bits per heavy atom. The highest BCUT2D eigenvalue weighted by atomic mass is 32.1. The number of hydrogen-bond donors (Lipinski definition) is 1. The smallest absolute Gasteiger partial charge is 0.275 e. The number of thiophene rings is 1. The summed E-state index contributed by atoms with van der Waals surface area (Å²) < 4.78 is 3.20. The number of aryl methyl sites for hydroxylation is 3. The number of aromatic nitrogens is 1. The number of nitrogens with zero attached hydrogens (tertiary/aromatic N) is 2. The van der Waals surface area contributed by atoms with Gasteiger partial charge in [-0.3, -0.25) is 14.5 Å². The molecule has 0 radical (unpaired) electrons. The number of amides is 2. The molecule has 1 fully saturated rings. The average Bonchev–Trinajstić information content (AvgIpc) is 3.25. The topological polar surface area (TPSA) is 54.3 Å². The number of nitrogens with one attached hydrogen (secondary N) is 1. The predicted molar refractivity (Wildman–Crippen MR) is 140 cm³/mol. The fourth-order valence-corrected chi connectivity index (χ4v) is 6.65. The molecule has 0 bridgehead atoms. The van der Waals surface area contributed by atoms with Crippen LogP contribution < -0.4 is 10.2 Å². The number of carbonyl (C=O) groups is 2. The quantitative estimate of drug-likeness (QED) is 0.459. The average molecular weight is 478 g/mol. The number of rotatable bonds is 4. The summed E-state index contributed by atoms with van der Waals surface area (Å²) >= 11 is 1.74. The lowest BCUT2D eigenvalue weighted by Crippen LogP contribution is -2.65. The first-order valence-electron chi connectivity index (χ1n) is 12.7. The van der Waals surface area contributed by atoms with Gasteiger partial charge < -0.3 is 9.88 Å². The summed E-state index contributed by atoms with van der Waals surface area (Å²) in [6.45, 7) is 8.60. The van der Waals surface area contributed by atoms with Crippen molar-refractivity contribution in [1.82, 2.24) is 9.88 Å². The van der Waals surface area contributed by atoms with Gasteiger partial charge in [0, 0.05) is 16.6 Å². The number of fused-ring (bicyclic) bond motifs is 3. The first-order valence-corrected chi connectivity index (χ1v) is 13.5. The van der Waals surface area contributed by atoms with Crippen molar-refractivity contribution in [3.63, 3.8) is 0 Å². The lowest BCUT2D eigenvalue weighted by atomic mass is 9.91. The summed E-state index contributed by atoms with van der Waals surface area (Å²) in [5.41, 5.74) is 3.63. The lowest BCUT2D eigenvalue weighted by Gasteiger charge is -2.45. The second kappa shape index (κ2) is 8.88. The molecule has 0 saturated heterocycles. The van der Waals surface area contributed by atoms with Crippen molar-refractivity contribution in [1.29, 1.82) is 0 Å². The first kappa shape index (κ1) is 23.2. The van der Waals surface area contributed by atoms with E-state index >= 15 is 0 Å². The van der Waals surface area contributed by atoms with Gasteiger partial charge in [0.05, 0.1) is 16.8 Å². The molecule has 2 amide bonds. The lowest BCUT2D eigenvalue weighted by molar-refractivity contribution is -0.127. The molecule has 1 aliphatic heterocycles. The van der Waals surface area contributed by atoms with Crippen molar-refractivity contribution in [2.75, 3.05) is 4.90 Å². The molecule has 1 saturated carbocycles. The molecule has 1 N–H and O–H groups in total.